The predicted molar refractivity (Wildman–Crippen MR) is 86.3 cm³/mol. The van der Waals surface area contributed by atoms with E-state index in [1.807, 2.05) is 13.0 Å². The Labute approximate surface area is 133 Å². The molecule has 0 saturated carbocycles. The molecule has 0 saturated heterocycles. The average molecular weight is 319 g/mol. The molecule has 2 aromatic carbocycles. The van der Waals surface area contributed by atoms with Crippen LogP contribution >= 0.6 is 11.6 Å². The molecule has 22 heavy (non-hydrogen) atoms. The molecule has 0 aliphatic heterocycles. The largest absolute Gasteiger partial charge is 0.326 e. The SMILES string of the molecule is Cc1ccc(NC(=O)[C@@H](C)c2ccc([N+](=O)[O-])cc2)cc1Cl. The Kier molecular flexibility index (Phi) is 4.78. The number of rotatable bonds is 4. The van der Waals surface area contributed by atoms with Crippen LogP contribution in [0.4, 0.5) is 11.4 Å². The Morgan fingerprint density at radius 3 is 2.41 bits per heavy atom. The minimum absolute atomic E-state index is 0.00155. The first kappa shape index (κ1) is 16.0. The van der Waals surface area contributed by atoms with E-state index in [2.05, 4.69) is 5.32 Å². The fourth-order valence-electron chi connectivity index (χ4n) is 1.96. The molecule has 1 amide bonds. The zero-order valence-corrected chi connectivity index (χ0v) is 12.9. The van der Waals surface area contributed by atoms with E-state index in [9.17, 15) is 14.9 Å². The molecule has 5 nitrogen and oxygen atoms in total. The first-order chi connectivity index (χ1) is 10.4. The second-order valence-electron chi connectivity index (χ2n) is 5.02. The molecule has 0 aliphatic carbocycles. The van der Waals surface area contributed by atoms with Crippen molar-refractivity contribution in [2.24, 2.45) is 0 Å². The number of benzene rings is 2. The number of amides is 1. The number of hydrogen-bond acceptors (Lipinski definition) is 3. The molecule has 0 unspecified atom stereocenters. The van der Waals surface area contributed by atoms with E-state index in [1.54, 1.807) is 31.2 Å². The zero-order chi connectivity index (χ0) is 16.3. The molecule has 1 atom stereocenters. The van der Waals surface area contributed by atoms with Crippen LogP contribution in [0.1, 0.15) is 24.0 Å². The standard InChI is InChI=1S/C16H15ClN2O3/c1-10-3-6-13(9-15(10)17)18-16(20)11(2)12-4-7-14(8-5-12)19(21)22/h3-9,11H,1-2H3,(H,18,20)/t11-/m0/s1. The average Bonchev–Trinajstić information content (AvgIpc) is 2.50. The Balaban J connectivity index is 2.11. The van der Waals surface area contributed by atoms with Crippen molar-refractivity contribution in [1.29, 1.82) is 0 Å². The number of nitrogens with one attached hydrogen (secondary N) is 1. The molecule has 0 heterocycles. The first-order valence-corrected chi connectivity index (χ1v) is 7.07. The molecular formula is C16H15ClN2O3. The lowest BCUT2D eigenvalue weighted by molar-refractivity contribution is -0.384. The third kappa shape index (κ3) is 3.62. The topological polar surface area (TPSA) is 72.2 Å². The van der Waals surface area contributed by atoms with Crippen LogP contribution in [0, 0.1) is 17.0 Å². The van der Waals surface area contributed by atoms with Crippen LogP contribution in [0.2, 0.25) is 5.02 Å². The summed E-state index contributed by atoms with van der Waals surface area (Å²) in [6.07, 6.45) is 0. The highest BCUT2D eigenvalue weighted by Gasteiger charge is 2.16. The number of carbonyl (C=O) groups excluding carboxylic acids is 1. The summed E-state index contributed by atoms with van der Waals surface area (Å²) in [5.74, 6) is -0.630. The Bertz CT molecular complexity index is 714. The summed E-state index contributed by atoms with van der Waals surface area (Å²) in [6, 6.07) is 11.3. The van der Waals surface area contributed by atoms with E-state index >= 15 is 0 Å². The number of nitrogens with zero attached hydrogens (tertiary/aromatic N) is 1. The number of non-ortho nitro benzene ring substituents is 1. The summed E-state index contributed by atoms with van der Waals surface area (Å²) in [4.78, 5) is 22.4. The normalized spacial score (nSPS) is 11.8. The lowest BCUT2D eigenvalue weighted by Crippen LogP contribution is -2.18. The minimum Gasteiger partial charge on any atom is -0.326 e. The highest BCUT2D eigenvalue weighted by atomic mass is 35.5. The fourth-order valence-corrected chi connectivity index (χ4v) is 2.14. The lowest BCUT2D eigenvalue weighted by atomic mass is 10.00. The van der Waals surface area contributed by atoms with Gasteiger partial charge in [0.2, 0.25) is 5.91 Å². The van der Waals surface area contributed by atoms with Crippen molar-refractivity contribution in [2.45, 2.75) is 19.8 Å². The quantitative estimate of drug-likeness (QED) is 0.674. The maximum atomic E-state index is 12.2. The smallest absolute Gasteiger partial charge is 0.269 e. The molecule has 1 N–H and O–H groups in total. The van der Waals surface area contributed by atoms with Gasteiger partial charge in [-0.05, 0) is 37.1 Å². The number of halogens is 1. The molecule has 0 aromatic heterocycles. The van der Waals surface area contributed by atoms with Crippen molar-refractivity contribution in [3.05, 3.63) is 68.7 Å². The summed E-state index contributed by atoms with van der Waals surface area (Å²) in [5.41, 5.74) is 2.26. The van der Waals surface area contributed by atoms with Crippen molar-refractivity contribution in [3.8, 4) is 0 Å². The van der Waals surface area contributed by atoms with E-state index in [-0.39, 0.29) is 11.6 Å². The van der Waals surface area contributed by atoms with E-state index < -0.39 is 10.8 Å². The molecule has 0 radical (unpaired) electrons. The van der Waals surface area contributed by atoms with E-state index in [1.165, 1.54) is 12.1 Å². The van der Waals surface area contributed by atoms with Crippen LogP contribution < -0.4 is 5.32 Å². The number of carbonyl (C=O) groups is 1. The summed E-state index contributed by atoms with van der Waals surface area (Å²) < 4.78 is 0. The van der Waals surface area contributed by atoms with Gasteiger partial charge in [-0.2, -0.15) is 0 Å². The van der Waals surface area contributed by atoms with Gasteiger partial charge in [0.15, 0.2) is 0 Å². The van der Waals surface area contributed by atoms with E-state index in [4.69, 9.17) is 11.6 Å². The van der Waals surface area contributed by atoms with Gasteiger partial charge in [-0.15, -0.1) is 0 Å². The highest BCUT2D eigenvalue weighted by Crippen LogP contribution is 2.23. The van der Waals surface area contributed by atoms with Gasteiger partial charge in [0.05, 0.1) is 10.8 Å². The van der Waals surface area contributed by atoms with Gasteiger partial charge in [0.1, 0.15) is 0 Å². The van der Waals surface area contributed by atoms with Gasteiger partial charge in [-0.1, -0.05) is 29.8 Å². The minimum atomic E-state index is -0.469. The molecule has 114 valence electrons. The van der Waals surface area contributed by atoms with Crippen LogP contribution in [0.25, 0.3) is 0 Å². The van der Waals surface area contributed by atoms with Crippen LogP contribution in [0.5, 0.6) is 0 Å². The molecule has 2 aromatic rings. The number of anilines is 1. The molecule has 0 bridgehead atoms. The Morgan fingerprint density at radius 1 is 1.23 bits per heavy atom. The molecule has 0 fully saturated rings. The van der Waals surface area contributed by atoms with Gasteiger partial charge in [0.25, 0.3) is 5.69 Å². The fraction of sp³-hybridized carbons (Fsp3) is 0.188. The first-order valence-electron chi connectivity index (χ1n) is 6.70. The number of nitro benzene ring substituents is 1. The molecular weight excluding hydrogens is 304 g/mol. The summed E-state index contributed by atoms with van der Waals surface area (Å²) in [5, 5.41) is 14.0. The molecule has 2 rings (SSSR count). The predicted octanol–water partition coefficient (Wildman–Crippen LogP) is 4.30. The second kappa shape index (κ2) is 6.58. The summed E-state index contributed by atoms with van der Waals surface area (Å²) in [7, 11) is 0. The van der Waals surface area contributed by atoms with Crippen LogP contribution in [-0.4, -0.2) is 10.8 Å². The summed E-state index contributed by atoms with van der Waals surface area (Å²) in [6.45, 7) is 3.62. The second-order valence-corrected chi connectivity index (χ2v) is 5.43. The van der Waals surface area contributed by atoms with Crippen molar-refractivity contribution < 1.29 is 9.72 Å². The van der Waals surface area contributed by atoms with Gasteiger partial charge in [-0.25, -0.2) is 0 Å². The zero-order valence-electron chi connectivity index (χ0n) is 12.2. The maximum Gasteiger partial charge on any atom is 0.269 e. The monoisotopic (exact) mass is 318 g/mol. The third-order valence-corrected chi connectivity index (χ3v) is 3.84. The van der Waals surface area contributed by atoms with Crippen molar-refractivity contribution in [1.82, 2.24) is 0 Å². The highest BCUT2D eigenvalue weighted by molar-refractivity contribution is 6.31. The third-order valence-electron chi connectivity index (χ3n) is 3.44. The Hall–Kier alpha value is -2.40. The van der Waals surface area contributed by atoms with Gasteiger partial charge in [0, 0.05) is 22.8 Å². The molecule has 0 spiro atoms. The number of hydrogen-bond donors (Lipinski definition) is 1. The maximum absolute atomic E-state index is 12.2. The van der Waals surface area contributed by atoms with Crippen molar-refractivity contribution in [3.63, 3.8) is 0 Å². The van der Waals surface area contributed by atoms with Crippen LogP contribution in [-0.2, 0) is 4.79 Å². The van der Waals surface area contributed by atoms with Gasteiger partial charge < -0.3 is 5.32 Å². The molecule has 0 aliphatic rings. The lowest BCUT2D eigenvalue weighted by Gasteiger charge is -2.13. The van der Waals surface area contributed by atoms with E-state index in [0.717, 1.165) is 5.56 Å². The van der Waals surface area contributed by atoms with Crippen LogP contribution in [0.15, 0.2) is 42.5 Å². The number of nitro groups is 1. The van der Waals surface area contributed by atoms with E-state index in [0.29, 0.717) is 16.3 Å². The summed E-state index contributed by atoms with van der Waals surface area (Å²) >= 11 is 6.03. The number of aryl methyl sites for hydroxylation is 1. The van der Waals surface area contributed by atoms with Gasteiger partial charge >= 0.3 is 0 Å². The van der Waals surface area contributed by atoms with Crippen molar-refractivity contribution >= 4 is 28.9 Å². The van der Waals surface area contributed by atoms with Gasteiger partial charge in [-0.3, -0.25) is 14.9 Å². The Morgan fingerprint density at radius 2 is 1.86 bits per heavy atom. The van der Waals surface area contributed by atoms with Crippen LogP contribution in [0.3, 0.4) is 0 Å². The molecule has 6 heteroatoms. The van der Waals surface area contributed by atoms with Crippen molar-refractivity contribution in [2.75, 3.05) is 5.32 Å².